The summed E-state index contributed by atoms with van der Waals surface area (Å²) in [6, 6.07) is 17.3. The Hall–Kier alpha value is -4.07. The Bertz CT molecular complexity index is 1380. The molecule has 8 heteroatoms. The zero-order chi connectivity index (χ0) is 23.5. The van der Waals surface area contributed by atoms with Crippen molar-refractivity contribution in [3.05, 3.63) is 111 Å². The fraction of sp³-hybridized carbons (Fsp3) is 0.200. The van der Waals surface area contributed by atoms with Gasteiger partial charge in [-0.05, 0) is 38.5 Å². The third-order valence-electron chi connectivity index (χ3n) is 5.54. The second kappa shape index (κ2) is 9.20. The molecule has 0 saturated carbocycles. The SMILES string of the molecule is Cc1nn(Cc2ccccc2)c(C)c1CNC(=O)c1nn(-c2ccccc2F)c(C)cc1=O. The van der Waals surface area contributed by atoms with Crippen LogP contribution in [0.1, 0.15) is 38.7 Å². The van der Waals surface area contributed by atoms with Crippen LogP contribution in [0, 0.1) is 26.6 Å². The first-order valence-corrected chi connectivity index (χ1v) is 10.6. The second-order valence-corrected chi connectivity index (χ2v) is 7.84. The number of carbonyl (C=O) groups excluding carboxylic acids is 1. The van der Waals surface area contributed by atoms with Gasteiger partial charge in [-0.25, -0.2) is 9.07 Å². The Morgan fingerprint density at radius 3 is 2.42 bits per heavy atom. The van der Waals surface area contributed by atoms with Crippen molar-refractivity contribution in [1.29, 1.82) is 0 Å². The molecule has 0 aliphatic carbocycles. The van der Waals surface area contributed by atoms with Crippen LogP contribution in [-0.2, 0) is 13.1 Å². The van der Waals surface area contributed by atoms with E-state index in [2.05, 4.69) is 15.5 Å². The zero-order valence-corrected chi connectivity index (χ0v) is 18.7. The Balaban J connectivity index is 1.56. The number of para-hydroxylation sites is 1. The minimum Gasteiger partial charge on any atom is -0.346 e. The molecule has 4 rings (SSSR count). The van der Waals surface area contributed by atoms with Crippen molar-refractivity contribution < 1.29 is 9.18 Å². The average Bonchev–Trinajstić information content (AvgIpc) is 3.06. The maximum absolute atomic E-state index is 14.3. The molecule has 4 aromatic rings. The van der Waals surface area contributed by atoms with E-state index in [1.54, 1.807) is 19.1 Å². The van der Waals surface area contributed by atoms with Gasteiger partial charge >= 0.3 is 0 Å². The zero-order valence-electron chi connectivity index (χ0n) is 18.7. The molecule has 33 heavy (non-hydrogen) atoms. The minimum absolute atomic E-state index is 0.165. The van der Waals surface area contributed by atoms with Gasteiger partial charge in [0.05, 0.1) is 12.2 Å². The molecule has 1 amide bonds. The summed E-state index contributed by atoms with van der Waals surface area (Å²) in [5.74, 6) is -1.13. The largest absolute Gasteiger partial charge is 0.346 e. The van der Waals surface area contributed by atoms with Gasteiger partial charge in [0.2, 0.25) is 5.43 Å². The van der Waals surface area contributed by atoms with Gasteiger partial charge < -0.3 is 5.32 Å². The second-order valence-electron chi connectivity index (χ2n) is 7.84. The lowest BCUT2D eigenvalue weighted by Gasteiger charge is -2.12. The molecular weight excluding hydrogens is 421 g/mol. The summed E-state index contributed by atoms with van der Waals surface area (Å²) in [7, 11) is 0. The van der Waals surface area contributed by atoms with Crippen molar-refractivity contribution in [3.8, 4) is 5.69 Å². The highest BCUT2D eigenvalue weighted by Gasteiger charge is 2.18. The first-order valence-electron chi connectivity index (χ1n) is 10.6. The Morgan fingerprint density at radius 2 is 1.70 bits per heavy atom. The molecule has 2 aromatic carbocycles. The summed E-state index contributed by atoms with van der Waals surface area (Å²) < 4.78 is 17.4. The van der Waals surface area contributed by atoms with E-state index in [1.807, 2.05) is 48.9 Å². The molecule has 7 nitrogen and oxygen atoms in total. The van der Waals surface area contributed by atoms with Gasteiger partial charge in [-0.15, -0.1) is 0 Å². The van der Waals surface area contributed by atoms with Crippen molar-refractivity contribution in [3.63, 3.8) is 0 Å². The molecule has 0 aliphatic heterocycles. The van der Waals surface area contributed by atoms with E-state index in [0.717, 1.165) is 22.5 Å². The fourth-order valence-electron chi connectivity index (χ4n) is 3.72. The van der Waals surface area contributed by atoms with E-state index in [1.165, 1.54) is 22.9 Å². The Kier molecular flexibility index (Phi) is 6.17. The van der Waals surface area contributed by atoms with Gasteiger partial charge in [0.15, 0.2) is 5.69 Å². The average molecular weight is 445 g/mol. The van der Waals surface area contributed by atoms with Crippen LogP contribution in [0.2, 0.25) is 0 Å². The van der Waals surface area contributed by atoms with Crippen LogP contribution in [0.3, 0.4) is 0 Å². The van der Waals surface area contributed by atoms with Crippen LogP contribution < -0.4 is 10.7 Å². The van der Waals surface area contributed by atoms with E-state index in [9.17, 15) is 14.0 Å². The monoisotopic (exact) mass is 445 g/mol. The highest BCUT2D eigenvalue weighted by Crippen LogP contribution is 2.16. The van der Waals surface area contributed by atoms with Crippen LogP contribution in [0.4, 0.5) is 4.39 Å². The number of hydrogen-bond donors (Lipinski definition) is 1. The molecule has 168 valence electrons. The molecule has 0 atom stereocenters. The maximum atomic E-state index is 14.3. The quantitative estimate of drug-likeness (QED) is 0.493. The lowest BCUT2D eigenvalue weighted by molar-refractivity contribution is 0.0943. The van der Waals surface area contributed by atoms with Gasteiger partial charge in [0, 0.05) is 29.6 Å². The van der Waals surface area contributed by atoms with Gasteiger partial charge in [-0.2, -0.15) is 10.2 Å². The predicted octanol–water partition coefficient (Wildman–Crippen LogP) is 3.47. The summed E-state index contributed by atoms with van der Waals surface area (Å²) in [5, 5.41) is 11.5. The lowest BCUT2D eigenvalue weighted by atomic mass is 10.2. The Labute approximate surface area is 190 Å². The summed E-state index contributed by atoms with van der Waals surface area (Å²) in [4.78, 5) is 25.3. The number of amides is 1. The summed E-state index contributed by atoms with van der Waals surface area (Å²) in [5.41, 5.74) is 3.49. The summed E-state index contributed by atoms with van der Waals surface area (Å²) in [6.07, 6.45) is 0. The van der Waals surface area contributed by atoms with Gasteiger partial charge in [0.1, 0.15) is 11.5 Å². The number of benzene rings is 2. The number of nitrogens with one attached hydrogen (secondary N) is 1. The number of halogens is 1. The third-order valence-corrected chi connectivity index (χ3v) is 5.54. The van der Waals surface area contributed by atoms with Crippen LogP contribution in [0.5, 0.6) is 0 Å². The predicted molar refractivity (Wildman–Crippen MR) is 123 cm³/mol. The van der Waals surface area contributed by atoms with E-state index in [-0.39, 0.29) is 17.9 Å². The number of rotatable bonds is 6. The molecule has 0 saturated heterocycles. The number of nitrogens with zero attached hydrogens (tertiary/aromatic N) is 4. The third kappa shape index (κ3) is 4.59. The maximum Gasteiger partial charge on any atom is 0.276 e. The molecule has 0 radical (unpaired) electrons. The highest BCUT2D eigenvalue weighted by molar-refractivity contribution is 5.92. The summed E-state index contributed by atoms with van der Waals surface area (Å²) >= 11 is 0. The summed E-state index contributed by atoms with van der Waals surface area (Å²) in [6.45, 7) is 6.27. The Morgan fingerprint density at radius 1 is 1.00 bits per heavy atom. The standard InChI is InChI=1S/C25H24FN5O2/c1-16-13-23(32)24(29-31(16)22-12-8-7-11-21(22)26)25(33)27-14-20-17(2)28-30(18(20)3)15-19-9-5-4-6-10-19/h4-13H,14-15H2,1-3H3,(H,27,33). The molecule has 0 fully saturated rings. The van der Waals surface area contributed by atoms with E-state index in [0.29, 0.717) is 12.2 Å². The van der Waals surface area contributed by atoms with Gasteiger partial charge in [0.25, 0.3) is 5.91 Å². The molecule has 2 heterocycles. The lowest BCUT2D eigenvalue weighted by Crippen LogP contribution is -2.32. The van der Waals surface area contributed by atoms with Crippen molar-refractivity contribution in [1.82, 2.24) is 24.9 Å². The van der Waals surface area contributed by atoms with Crippen LogP contribution in [0.25, 0.3) is 5.69 Å². The van der Waals surface area contributed by atoms with Crippen LogP contribution in [-0.4, -0.2) is 25.5 Å². The molecule has 0 bridgehead atoms. The van der Waals surface area contributed by atoms with E-state index in [4.69, 9.17) is 0 Å². The number of carbonyl (C=O) groups is 1. The molecular formula is C25H24FN5O2. The fourth-order valence-corrected chi connectivity index (χ4v) is 3.72. The topological polar surface area (TPSA) is 81.8 Å². The van der Waals surface area contributed by atoms with Crippen LogP contribution in [0.15, 0.2) is 65.5 Å². The molecule has 0 aliphatic rings. The first-order chi connectivity index (χ1) is 15.8. The normalized spacial score (nSPS) is 10.9. The number of hydrogen-bond acceptors (Lipinski definition) is 4. The van der Waals surface area contributed by atoms with Gasteiger partial charge in [-0.1, -0.05) is 42.5 Å². The number of aryl methyl sites for hydroxylation is 2. The molecule has 1 N–H and O–H groups in total. The first kappa shape index (κ1) is 22.1. The highest BCUT2D eigenvalue weighted by atomic mass is 19.1. The van der Waals surface area contributed by atoms with Crippen LogP contribution >= 0.6 is 0 Å². The molecule has 0 unspecified atom stereocenters. The number of aromatic nitrogens is 4. The minimum atomic E-state index is -0.625. The van der Waals surface area contributed by atoms with Crippen molar-refractivity contribution >= 4 is 5.91 Å². The molecule has 2 aromatic heterocycles. The van der Waals surface area contributed by atoms with Crippen molar-refractivity contribution in [2.75, 3.05) is 0 Å². The van der Waals surface area contributed by atoms with E-state index < -0.39 is 17.2 Å². The van der Waals surface area contributed by atoms with Crippen molar-refractivity contribution in [2.24, 2.45) is 0 Å². The smallest absolute Gasteiger partial charge is 0.276 e. The van der Waals surface area contributed by atoms with E-state index >= 15 is 0 Å². The van der Waals surface area contributed by atoms with Crippen molar-refractivity contribution in [2.45, 2.75) is 33.9 Å². The van der Waals surface area contributed by atoms with Gasteiger partial charge in [-0.3, -0.25) is 14.3 Å². The molecule has 0 spiro atoms.